The zero-order valence-electron chi connectivity index (χ0n) is 8.92. The maximum Gasteiger partial charge on any atom is 0.0219 e. The number of unbranched alkanes of at least 4 members (excludes halogenated alkanes) is 2. The Bertz CT molecular complexity index is 202. The van der Waals surface area contributed by atoms with Crippen LogP contribution in [0.5, 0.6) is 0 Å². The summed E-state index contributed by atoms with van der Waals surface area (Å²) in [6, 6.07) is 2.26. The van der Waals surface area contributed by atoms with E-state index >= 15 is 0 Å². The number of aryl methyl sites for hydroxylation is 2. The summed E-state index contributed by atoms with van der Waals surface area (Å²) >= 11 is 0. The summed E-state index contributed by atoms with van der Waals surface area (Å²) < 4.78 is 2.31. The van der Waals surface area contributed by atoms with E-state index in [1.807, 2.05) is 0 Å². The zero-order valence-corrected chi connectivity index (χ0v) is 8.92. The van der Waals surface area contributed by atoms with Crippen molar-refractivity contribution in [3.05, 3.63) is 24.0 Å². The first-order valence-corrected chi connectivity index (χ1v) is 5.51. The van der Waals surface area contributed by atoms with Crippen LogP contribution in [-0.4, -0.2) is 4.57 Å². The van der Waals surface area contributed by atoms with Crippen molar-refractivity contribution in [2.75, 3.05) is 0 Å². The topological polar surface area (TPSA) is 4.93 Å². The van der Waals surface area contributed by atoms with Gasteiger partial charge in [-0.3, -0.25) is 0 Å². The number of rotatable bonds is 6. The van der Waals surface area contributed by atoms with E-state index in [-0.39, 0.29) is 0 Å². The molecule has 0 spiro atoms. The Balaban J connectivity index is 2.34. The maximum absolute atomic E-state index is 2.31. The molecular weight excluding hydrogens is 158 g/mol. The van der Waals surface area contributed by atoms with E-state index in [1.54, 1.807) is 0 Å². The summed E-state index contributed by atoms with van der Waals surface area (Å²) in [5.41, 5.74) is 1.50. The molecule has 0 aliphatic heterocycles. The molecule has 0 fully saturated rings. The van der Waals surface area contributed by atoms with Gasteiger partial charge in [-0.2, -0.15) is 0 Å². The van der Waals surface area contributed by atoms with Crippen molar-refractivity contribution in [1.82, 2.24) is 4.57 Å². The highest BCUT2D eigenvalue weighted by Gasteiger charge is 1.95. The quantitative estimate of drug-likeness (QED) is 0.628. The predicted molar refractivity (Wildman–Crippen MR) is 58.0 cm³/mol. The van der Waals surface area contributed by atoms with Gasteiger partial charge in [0.25, 0.3) is 0 Å². The molecule has 0 aromatic carbocycles. The lowest BCUT2D eigenvalue weighted by Crippen LogP contribution is -1.93. The summed E-state index contributed by atoms with van der Waals surface area (Å²) in [5, 5.41) is 0. The molecule has 0 unspecified atom stereocenters. The van der Waals surface area contributed by atoms with Crippen molar-refractivity contribution in [2.24, 2.45) is 0 Å². The highest BCUT2D eigenvalue weighted by atomic mass is 14.9. The molecule has 1 aromatic rings. The third-order valence-electron chi connectivity index (χ3n) is 2.40. The Hall–Kier alpha value is -0.720. The molecule has 13 heavy (non-hydrogen) atoms. The summed E-state index contributed by atoms with van der Waals surface area (Å²) in [4.78, 5) is 0. The van der Waals surface area contributed by atoms with E-state index in [9.17, 15) is 0 Å². The average molecular weight is 179 g/mol. The Kier molecular flexibility index (Phi) is 4.66. The van der Waals surface area contributed by atoms with Crippen molar-refractivity contribution >= 4 is 0 Å². The van der Waals surface area contributed by atoms with Crippen LogP contribution < -0.4 is 0 Å². The van der Waals surface area contributed by atoms with Gasteiger partial charge in [-0.15, -0.1) is 0 Å². The van der Waals surface area contributed by atoms with Gasteiger partial charge in [0.05, 0.1) is 0 Å². The standard InChI is InChI=1S/C12H21N/c1-3-5-7-12-8-10-13(11-12)9-6-4-2/h8,10-11H,3-7,9H2,1-2H3. The first kappa shape index (κ1) is 10.4. The predicted octanol–water partition coefficient (Wildman–Crippen LogP) is 3.63. The van der Waals surface area contributed by atoms with E-state index in [2.05, 4.69) is 36.9 Å². The van der Waals surface area contributed by atoms with Crippen molar-refractivity contribution < 1.29 is 0 Å². The molecule has 1 aromatic heterocycles. The van der Waals surface area contributed by atoms with Crippen LogP contribution in [0.15, 0.2) is 18.5 Å². The van der Waals surface area contributed by atoms with Gasteiger partial charge in [-0.1, -0.05) is 26.7 Å². The van der Waals surface area contributed by atoms with Crippen LogP contribution >= 0.6 is 0 Å². The molecule has 0 radical (unpaired) electrons. The second-order valence-corrected chi connectivity index (χ2v) is 3.71. The smallest absolute Gasteiger partial charge is 0.0219 e. The molecule has 1 nitrogen and oxygen atoms in total. The molecule has 0 saturated carbocycles. The van der Waals surface area contributed by atoms with Crippen LogP contribution in [0.1, 0.15) is 45.1 Å². The van der Waals surface area contributed by atoms with Gasteiger partial charge in [0, 0.05) is 18.9 Å². The fourth-order valence-corrected chi connectivity index (χ4v) is 1.50. The first-order valence-electron chi connectivity index (χ1n) is 5.51. The van der Waals surface area contributed by atoms with Crippen LogP contribution in [0.4, 0.5) is 0 Å². The van der Waals surface area contributed by atoms with Gasteiger partial charge in [0.15, 0.2) is 0 Å². The van der Waals surface area contributed by atoms with Crippen LogP contribution in [0.3, 0.4) is 0 Å². The lowest BCUT2D eigenvalue weighted by Gasteiger charge is -1.99. The lowest BCUT2D eigenvalue weighted by atomic mass is 10.2. The van der Waals surface area contributed by atoms with Crippen LogP contribution in [0.2, 0.25) is 0 Å². The van der Waals surface area contributed by atoms with E-state index < -0.39 is 0 Å². The zero-order chi connectivity index (χ0) is 9.52. The van der Waals surface area contributed by atoms with Crippen LogP contribution in [0.25, 0.3) is 0 Å². The van der Waals surface area contributed by atoms with Gasteiger partial charge in [-0.05, 0) is 30.9 Å². The largest absolute Gasteiger partial charge is 0.354 e. The molecule has 0 amide bonds. The molecule has 0 atom stereocenters. The van der Waals surface area contributed by atoms with Crippen LogP contribution in [0, 0.1) is 0 Å². The minimum atomic E-state index is 1.18. The molecule has 74 valence electrons. The van der Waals surface area contributed by atoms with Crippen LogP contribution in [-0.2, 0) is 13.0 Å². The first-order chi connectivity index (χ1) is 6.36. The molecule has 1 heteroatoms. The highest BCUT2D eigenvalue weighted by molar-refractivity contribution is 5.10. The van der Waals surface area contributed by atoms with Gasteiger partial charge < -0.3 is 4.57 Å². The third kappa shape index (κ3) is 3.67. The molecule has 0 saturated heterocycles. The summed E-state index contributed by atoms with van der Waals surface area (Å²) in [7, 11) is 0. The van der Waals surface area contributed by atoms with E-state index in [4.69, 9.17) is 0 Å². The van der Waals surface area contributed by atoms with Gasteiger partial charge in [0.1, 0.15) is 0 Å². The minimum Gasteiger partial charge on any atom is -0.354 e. The fourth-order valence-electron chi connectivity index (χ4n) is 1.50. The summed E-state index contributed by atoms with van der Waals surface area (Å²) in [5.74, 6) is 0. The van der Waals surface area contributed by atoms with Gasteiger partial charge in [-0.25, -0.2) is 0 Å². The SMILES string of the molecule is CCCCc1ccn(CCCC)c1. The van der Waals surface area contributed by atoms with E-state index in [0.29, 0.717) is 0 Å². The van der Waals surface area contributed by atoms with Crippen molar-refractivity contribution in [2.45, 2.75) is 52.5 Å². The number of hydrogen-bond acceptors (Lipinski definition) is 0. The number of aromatic nitrogens is 1. The molecule has 0 bridgehead atoms. The minimum absolute atomic E-state index is 1.18. The molecule has 1 heterocycles. The summed E-state index contributed by atoms with van der Waals surface area (Å²) in [6.07, 6.45) is 10.9. The van der Waals surface area contributed by atoms with Gasteiger partial charge >= 0.3 is 0 Å². The van der Waals surface area contributed by atoms with Crippen molar-refractivity contribution in [3.8, 4) is 0 Å². The average Bonchev–Trinajstić information content (AvgIpc) is 2.59. The lowest BCUT2D eigenvalue weighted by molar-refractivity contribution is 0.633. The van der Waals surface area contributed by atoms with E-state index in [0.717, 1.165) is 0 Å². The Morgan fingerprint density at radius 1 is 1.15 bits per heavy atom. The van der Waals surface area contributed by atoms with E-state index in [1.165, 1.54) is 44.2 Å². The Morgan fingerprint density at radius 2 is 1.92 bits per heavy atom. The van der Waals surface area contributed by atoms with Crippen molar-refractivity contribution in [3.63, 3.8) is 0 Å². The number of nitrogens with zero attached hydrogens (tertiary/aromatic N) is 1. The monoisotopic (exact) mass is 179 g/mol. The van der Waals surface area contributed by atoms with Crippen molar-refractivity contribution in [1.29, 1.82) is 0 Å². The normalized spacial score (nSPS) is 10.6. The molecule has 1 rings (SSSR count). The number of hydrogen-bond donors (Lipinski definition) is 0. The Morgan fingerprint density at radius 3 is 2.62 bits per heavy atom. The maximum atomic E-state index is 2.31. The molecule has 0 aliphatic rings. The molecule has 0 aliphatic carbocycles. The molecular formula is C12H21N. The fraction of sp³-hybridized carbons (Fsp3) is 0.667. The second-order valence-electron chi connectivity index (χ2n) is 3.71. The second kappa shape index (κ2) is 5.85. The summed E-state index contributed by atoms with van der Waals surface area (Å²) in [6.45, 7) is 5.66. The van der Waals surface area contributed by atoms with Gasteiger partial charge in [0.2, 0.25) is 0 Å². The Labute approximate surface area is 81.8 Å². The third-order valence-corrected chi connectivity index (χ3v) is 2.40. The molecule has 0 N–H and O–H groups in total. The highest BCUT2D eigenvalue weighted by Crippen LogP contribution is 2.07.